The van der Waals surface area contributed by atoms with Gasteiger partial charge < -0.3 is 4.42 Å². The molecule has 2 aromatic heterocycles. The summed E-state index contributed by atoms with van der Waals surface area (Å²) in [4.78, 5) is 0. The van der Waals surface area contributed by atoms with Crippen LogP contribution in [0.3, 0.4) is 0 Å². The summed E-state index contributed by atoms with van der Waals surface area (Å²) in [5, 5.41) is 11.3. The fourth-order valence-electron chi connectivity index (χ4n) is 2.88. The molecule has 4 aromatic rings. The van der Waals surface area contributed by atoms with E-state index in [1.165, 1.54) is 22.9 Å². The van der Waals surface area contributed by atoms with Crippen LogP contribution in [0.15, 0.2) is 88.0 Å². The van der Waals surface area contributed by atoms with Crippen molar-refractivity contribution in [2.24, 2.45) is 0 Å². The molecule has 2 aromatic carbocycles. The van der Waals surface area contributed by atoms with Crippen LogP contribution in [0.1, 0.15) is 5.56 Å². The average Bonchev–Trinajstić information content (AvgIpc) is 3.38. The molecule has 26 heavy (non-hydrogen) atoms. The third kappa shape index (κ3) is 2.60. The first-order chi connectivity index (χ1) is 12.9. The lowest BCUT2D eigenvalue weighted by Gasteiger charge is -2.18. The summed E-state index contributed by atoms with van der Waals surface area (Å²) in [7, 11) is 0. The molecule has 0 saturated carbocycles. The maximum Gasteiger partial charge on any atom is 0.219 e. The topological polar surface area (TPSA) is 55.9 Å². The number of hydrogen-bond acceptors (Lipinski definition) is 5. The van der Waals surface area contributed by atoms with Crippen molar-refractivity contribution >= 4 is 17.5 Å². The van der Waals surface area contributed by atoms with Gasteiger partial charge in [0.05, 0.1) is 12.0 Å². The molecule has 0 radical (unpaired) electrons. The molecule has 0 amide bonds. The molecular formula is C20H14N4OS. The lowest BCUT2D eigenvalue weighted by Crippen LogP contribution is -2.18. The lowest BCUT2D eigenvalue weighted by atomic mass is 10.0. The maximum atomic E-state index is 5.46. The quantitative estimate of drug-likeness (QED) is 0.567. The first-order valence-corrected chi connectivity index (χ1v) is 9.05. The third-order valence-electron chi connectivity index (χ3n) is 4.19. The zero-order valence-corrected chi connectivity index (χ0v) is 14.5. The van der Waals surface area contributed by atoms with Crippen molar-refractivity contribution in [3.63, 3.8) is 0 Å². The van der Waals surface area contributed by atoms with Gasteiger partial charge >= 0.3 is 0 Å². The van der Waals surface area contributed by atoms with Crippen LogP contribution in [-0.4, -0.2) is 14.9 Å². The van der Waals surface area contributed by atoms with E-state index in [1.807, 2.05) is 28.3 Å². The minimum Gasteiger partial charge on any atom is -0.461 e. The van der Waals surface area contributed by atoms with Gasteiger partial charge in [0.1, 0.15) is 0 Å². The smallest absolute Gasteiger partial charge is 0.219 e. The van der Waals surface area contributed by atoms with Gasteiger partial charge in [-0.2, -0.15) is 0 Å². The second kappa shape index (κ2) is 6.24. The predicted octanol–water partition coefficient (Wildman–Crippen LogP) is 4.85. The van der Waals surface area contributed by atoms with E-state index in [4.69, 9.17) is 4.42 Å². The number of hydrogen-bond donors (Lipinski definition) is 1. The Bertz CT molecular complexity index is 1070. The molecule has 126 valence electrons. The van der Waals surface area contributed by atoms with Gasteiger partial charge in [0, 0.05) is 5.41 Å². The van der Waals surface area contributed by atoms with E-state index >= 15 is 0 Å². The van der Waals surface area contributed by atoms with Crippen LogP contribution >= 0.6 is 11.8 Å². The molecule has 1 aliphatic rings. The second-order valence-electron chi connectivity index (χ2n) is 5.82. The van der Waals surface area contributed by atoms with Crippen molar-refractivity contribution < 1.29 is 4.42 Å². The zero-order chi connectivity index (χ0) is 17.3. The Balaban J connectivity index is 1.44. The molecule has 0 saturated heterocycles. The largest absolute Gasteiger partial charge is 0.461 e. The Labute approximate surface area is 154 Å². The Morgan fingerprint density at radius 3 is 2.35 bits per heavy atom. The molecule has 5 nitrogen and oxygen atoms in total. The second-order valence-corrected chi connectivity index (χ2v) is 6.66. The molecule has 3 heterocycles. The highest BCUT2D eigenvalue weighted by atomic mass is 32.2. The third-order valence-corrected chi connectivity index (χ3v) is 5.02. The summed E-state index contributed by atoms with van der Waals surface area (Å²) in [6, 6.07) is 22.6. The summed E-state index contributed by atoms with van der Waals surface area (Å²) in [6.45, 7) is 0. The van der Waals surface area contributed by atoms with Crippen LogP contribution in [0, 0.1) is 0 Å². The highest BCUT2D eigenvalue weighted by molar-refractivity contribution is 8.02. The number of aromatic nitrogens is 3. The van der Waals surface area contributed by atoms with Gasteiger partial charge in [-0.1, -0.05) is 66.4 Å². The van der Waals surface area contributed by atoms with Crippen molar-refractivity contribution in [1.82, 2.24) is 14.9 Å². The van der Waals surface area contributed by atoms with Crippen molar-refractivity contribution in [3.05, 3.63) is 84.0 Å². The van der Waals surface area contributed by atoms with Gasteiger partial charge in [-0.3, -0.25) is 5.43 Å². The molecule has 0 bridgehead atoms. The van der Waals surface area contributed by atoms with Gasteiger partial charge in [0.25, 0.3) is 0 Å². The highest BCUT2D eigenvalue weighted by Gasteiger charge is 2.20. The molecule has 0 atom stereocenters. The number of nitrogens with one attached hydrogen (secondary N) is 1. The molecule has 1 aliphatic heterocycles. The Morgan fingerprint density at radius 1 is 0.808 bits per heavy atom. The lowest BCUT2D eigenvalue weighted by molar-refractivity contribution is 0.573. The van der Waals surface area contributed by atoms with E-state index in [-0.39, 0.29) is 0 Å². The molecule has 1 N–H and O–H groups in total. The molecule has 0 fully saturated rings. The molecule has 5 rings (SSSR count). The van der Waals surface area contributed by atoms with Gasteiger partial charge in [0.15, 0.2) is 5.76 Å². The van der Waals surface area contributed by atoms with E-state index in [9.17, 15) is 0 Å². The first kappa shape index (κ1) is 15.0. The van der Waals surface area contributed by atoms with E-state index in [2.05, 4.69) is 64.2 Å². The number of nitrogens with zero attached hydrogens (tertiary/aromatic N) is 3. The standard InChI is InChI=1S/C20H14N4OS/c1-2-5-14(6-3-1)15-8-10-16(11-9-15)17-13-26-20-22-21-19(24(20)23-17)18-7-4-12-25-18/h1-13,23H. The summed E-state index contributed by atoms with van der Waals surface area (Å²) in [5.74, 6) is 1.33. The minimum atomic E-state index is 0.656. The Hall–Kier alpha value is -3.25. The normalized spacial score (nSPS) is 13.0. The van der Waals surface area contributed by atoms with Crippen molar-refractivity contribution in [2.45, 2.75) is 5.16 Å². The number of thioether (sulfide) groups is 1. The Kier molecular flexibility index (Phi) is 3.61. The summed E-state index contributed by atoms with van der Waals surface area (Å²) < 4.78 is 7.31. The van der Waals surface area contributed by atoms with Gasteiger partial charge in [0.2, 0.25) is 11.0 Å². The van der Waals surface area contributed by atoms with Gasteiger partial charge in [-0.25, -0.2) is 4.68 Å². The molecule has 0 unspecified atom stereocenters. The SMILES string of the molecule is C1=C(c2ccc(-c3ccccc3)cc2)Nn2c(nnc2-c2ccco2)S1. The van der Waals surface area contributed by atoms with Gasteiger partial charge in [-0.15, -0.1) is 10.2 Å². The zero-order valence-electron chi connectivity index (χ0n) is 13.7. The monoisotopic (exact) mass is 358 g/mol. The molecular weight excluding hydrogens is 344 g/mol. The minimum absolute atomic E-state index is 0.656. The first-order valence-electron chi connectivity index (χ1n) is 8.17. The van der Waals surface area contributed by atoms with E-state index in [1.54, 1.807) is 6.26 Å². The fourth-order valence-corrected chi connectivity index (χ4v) is 3.61. The van der Waals surface area contributed by atoms with E-state index in [0.717, 1.165) is 16.4 Å². The van der Waals surface area contributed by atoms with Crippen LogP contribution in [-0.2, 0) is 0 Å². The highest BCUT2D eigenvalue weighted by Crippen LogP contribution is 2.32. The molecule has 0 spiro atoms. The van der Waals surface area contributed by atoms with E-state index < -0.39 is 0 Å². The van der Waals surface area contributed by atoms with Crippen LogP contribution in [0.25, 0.3) is 28.4 Å². The van der Waals surface area contributed by atoms with Crippen molar-refractivity contribution in [3.8, 4) is 22.7 Å². The number of furan rings is 1. The maximum absolute atomic E-state index is 5.46. The predicted molar refractivity (Wildman–Crippen MR) is 103 cm³/mol. The Morgan fingerprint density at radius 2 is 1.58 bits per heavy atom. The van der Waals surface area contributed by atoms with Crippen LogP contribution in [0.2, 0.25) is 0 Å². The van der Waals surface area contributed by atoms with Crippen molar-refractivity contribution in [1.29, 1.82) is 0 Å². The van der Waals surface area contributed by atoms with Crippen LogP contribution in [0.5, 0.6) is 0 Å². The molecule has 6 heteroatoms. The fraction of sp³-hybridized carbons (Fsp3) is 0. The number of fused-ring (bicyclic) bond motifs is 1. The summed E-state index contributed by atoms with van der Waals surface area (Å²) >= 11 is 1.53. The number of rotatable bonds is 3. The van der Waals surface area contributed by atoms with E-state index in [0.29, 0.717) is 11.6 Å². The van der Waals surface area contributed by atoms with Gasteiger partial charge in [-0.05, 0) is 28.8 Å². The summed E-state index contributed by atoms with van der Waals surface area (Å²) in [6.07, 6.45) is 1.63. The summed E-state index contributed by atoms with van der Waals surface area (Å²) in [5.41, 5.74) is 7.88. The van der Waals surface area contributed by atoms with Crippen LogP contribution in [0.4, 0.5) is 0 Å². The van der Waals surface area contributed by atoms with Crippen LogP contribution < -0.4 is 5.43 Å². The average molecular weight is 358 g/mol. The molecule has 0 aliphatic carbocycles. The number of benzene rings is 2. The van der Waals surface area contributed by atoms with Crippen molar-refractivity contribution in [2.75, 3.05) is 5.43 Å².